The van der Waals surface area contributed by atoms with Crippen LogP contribution in [0.15, 0.2) is 35.5 Å². The summed E-state index contributed by atoms with van der Waals surface area (Å²) in [6, 6.07) is 1.61. The summed E-state index contributed by atoms with van der Waals surface area (Å²) in [6.07, 6.45) is 6.81. The maximum absolute atomic E-state index is 12.1. The largest absolute Gasteiger partial charge is 0.383 e. The van der Waals surface area contributed by atoms with Crippen molar-refractivity contribution in [1.29, 1.82) is 0 Å². The molecule has 0 aliphatic rings. The summed E-state index contributed by atoms with van der Waals surface area (Å²) in [6.45, 7) is 2.56. The number of carbonyl (C=O) groups is 1. The van der Waals surface area contributed by atoms with Crippen LogP contribution < -0.4 is 11.1 Å². The highest BCUT2D eigenvalue weighted by atomic mass is 79.9. The molecule has 3 N–H and O–H groups in total. The first-order chi connectivity index (χ1) is 9.06. The number of hydrogen-bond donors (Lipinski definition) is 2. The molecule has 19 heavy (non-hydrogen) atoms. The fourth-order valence-corrected chi connectivity index (χ4v) is 2.02. The minimum absolute atomic E-state index is 0.0416. The summed E-state index contributed by atoms with van der Waals surface area (Å²) in [5, 5.41) is 2.87. The predicted octanol–water partition coefficient (Wildman–Crippen LogP) is 1.44. The number of halogens is 1. The molecule has 0 spiro atoms. The zero-order valence-electron chi connectivity index (χ0n) is 10.4. The average Bonchev–Trinajstić information content (AvgIpc) is 2.84. The van der Waals surface area contributed by atoms with Gasteiger partial charge in [0.05, 0.1) is 11.9 Å². The number of amides is 1. The van der Waals surface area contributed by atoms with Crippen LogP contribution in [0.2, 0.25) is 0 Å². The molecule has 0 bridgehead atoms. The van der Waals surface area contributed by atoms with Crippen molar-refractivity contribution in [2.75, 3.05) is 5.73 Å². The Kier molecular flexibility index (Phi) is 4.16. The third-order valence-electron chi connectivity index (χ3n) is 2.55. The van der Waals surface area contributed by atoms with Crippen LogP contribution in [0.1, 0.15) is 17.3 Å². The van der Waals surface area contributed by atoms with E-state index in [-0.39, 0.29) is 17.8 Å². The van der Waals surface area contributed by atoms with Crippen molar-refractivity contribution >= 4 is 27.7 Å². The van der Waals surface area contributed by atoms with Gasteiger partial charge in [0.15, 0.2) is 0 Å². The fraction of sp³-hybridized carbons (Fsp3) is 0.250. The minimum Gasteiger partial charge on any atom is -0.383 e. The van der Waals surface area contributed by atoms with E-state index in [4.69, 9.17) is 5.73 Å². The smallest absolute Gasteiger partial charge is 0.255 e. The molecule has 0 aromatic carbocycles. The molecule has 2 aromatic rings. The van der Waals surface area contributed by atoms with E-state index in [2.05, 4.69) is 31.2 Å². The van der Waals surface area contributed by atoms with Crippen LogP contribution >= 0.6 is 15.9 Å². The maximum atomic E-state index is 12.1. The minimum atomic E-state index is -0.237. The molecular weight excluding hydrogens is 310 g/mol. The van der Waals surface area contributed by atoms with Crippen LogP contribution in [0.3, 0.4) is 0 Å². The van der Waals surface area contributed by atoms with Crippen molar-refractivity contribution in [3.05, 3.63) is 41.0 Å². The molecule has 1 unspecified atom stereocenters. The number of nitrogens with zero attached hydrogens (tertiary/aromatic N) is 3. The van der Waals surface area contributed by atoms with Gasteiger partial charge in [-0.2, -0.15) is 0 Å². The second-order valence-corrected chi connectivity index (χ2v) is 5.14. The highest BCUT2D eigenvalue weighted by Gasteiger charge is 2.14. The number of rotatable bonds is 4. The SMILES string of the molecule is CC(Cn1ccnc1)NC(=O)c1cc(Br)cnc1N. The van der Waals surface area contributed by atoms with Crippen LogP contribution in [0.5, 0.6) is 0 Å². The summed E-state index contributed by atoms with van der Waals surface area (Å²) >= 11 is 3.27. The molecule has 2 rings (SSSR count). The van der Waals surface area contributed by atoms with Gasteiger partial charge < -0.3 is 15.6 Å². The van der Waals surface area contributed by atoms with Crippen molar-refractivity contribution in [2.24, 2.45) is 0 Å². The molecule has 0 saturated heterocycles. The number of carbonyl (C=O) groups excluding carboxylic acids is 1. The summed E-state index contributed by atoms with van der Waals surface area (Å²) in [4.78, 5) is 20.0. The third kappa shape index (κ3) is 3.54. The van der Waals surface area contributed by atoms with Crippen molar-refractivity contribution < 1.29 is 4.79 Å². The van der Waals surface area contributed by atoms with Crippen molar-refractivity contribution in [2.45, 2.75) is 19.5 Å². The van der Waals surface area contributed by atoms with E-state index in [1.54, 1.807) is 24.8 Å². The standard InChI is InChI=1S/C12H14BrN5O/c1-8(6-18-3-2-15-7-18)17-12(19)10-4-9(13)5-16-11(10)14/h2-5,7-8H,6H2,1H3,(H2,14,16)(H,17,19). The topological polar surface area (TPSA) is 85.8 Å². The van der Waals surface area contributed by atoms with Gasteiger partial charge in [-0.05, 0) is 28.9 Å². The van der Waals surface area contributed by atoms with E-state index >= 15 is 0 Å². The normalized spacial score (nSPS) is 12.1. The Labute approximate surface area is 119 Å². The van der Waals surface area contributed by atoms with Gasteiger partial charge in [-0.1, -0.05) is 0 Å². The average molecular weight is 324 g/mol. The number of imidazole rings is 1. The number of nitrogen functional groups attached to an aromatic ring is 1. The Morgan fingerprint density at radius 3 is 3.11 bits per heavy atom. The van der Waals surface area contributed by atoms with Crippen molar-refractivity contribution in [3.8, 4) is 0 Å². The first-order valence-corrected chi connectivity index (χ1v) is 6.53. The first kappa shape index (κ1) is 13.5. The Morgan fingerprint density at radius 2 is 2.42 bits per heavy atom. The lowest BCUT2D eigenvalue weighted by Crippen LogP contribution is -2.35. The van der Waals surface area contributed by atoms with E-state index in [0.29, 0.717) is 16.6 Å². The van der Waals surface area contributed by atoms with E-state index in [1.807, 2.05) is 17.7 Å². The van der Waals surface area contributed by atoms with Gasteiger partial charge in [-0.15, -0.1) is 0 Å². The van der Waals surface area contributed by atoms with Gasteiger partial charge in [-0.25, -0.2) is 9.97 Å². The lowest BCUT2D eigenvalue weighted by molar-refractivity contribution is 0.0937. The monoisotopic (exact) mass is 323 g/mol. The molecule has 2 aromatic heterocycles. The second-order valence-electron chi connectivity index (χ2n) is 4.22. The molecule has 1 atom stereocenters. The first-order valence-electron chi connectivity index (χ1n) is 5.74. The third-order valence-corrected chi connectivity index (χ3v) is 2.98. The molecular formula is C12H14BrN5O. The number of anilines is 1. The summed E-state index contributed by atoms with van der Waals surface area (Å²) in [5.41, 5.74) is 6.06. The molecule has 6 nitrogen and oxygen atoms in total. The lowest BCUT2D eigenvalue weighted by atomic mass is 10.2. The molecule has 0 fully saturated rings. The Hall–Kier alpha value is -1.89. The molecule has 7 heteroatoms. The molecule has 0 radical (unpaired) electrons. The summed E-state index contributed by atoms with van der Waals surface area (Å²) in [7, 11) is 0. The zero-order valence-corrected chi connectivity index (χ0v) is 12.0. The number of hydrogen-bond acceptors (Lipinski definition) is 4. The number of nitrogens with one attached hydrogen (secondary N) is 1. The van der Waals surface area contributed by atoms with E-state index in [1.165, 1.54) is 0 Å². The van der Waals surface area contributed by atoms with Gasteiger partial charge in [0.1, 0.15) is 5.82 Å². The molecule has 0 saturated carbocycles. The van der Waals surface area contributed by atoms with Gasteiger partial charge >= 0.3 is 0 Å². The van der Waals surface area contributed by atoms with Crippen molar-refractivity contribution in [1.82, 2.24) is 19.9 Å². The van der Waals surface area contributed by atoms with Crippen LogP contribution in [0, 0.1) is 0 Å². The van der Waals surface area contributed by atoms with Crippen LogP contribution in [0.4, 0.5) is 5.82 Å². The predicted molar refractivity (Wildman–Crippen MR) is 75.5 cm³/mol. The Balaban J connectivity index is 2.02. The van der Waals surface area contributed by atoms with Crippen LogP contribution in [0.25, 0.3) is 0 Å². The fourth-order valence-electron chi connectivity index (χ4n) is 1.69. The maximum Gasteiger partial charge on any atom is 0.255 e. The Morgan fingerprint density at radius 1 is 1.63 bits per heavy atom. The number of pyridine rings is 1. The van der Waals surface area contributed by atoms with Gasteiger partial charge in [-0.3, -0.25) is 4.79 Å². The number of aromatic nitrogens is 3. The van der Waals surface area contributed by atoms with Gasteiger partial charge in [0.25, 0.3) is 5.91 Å². The van der Waals surface area contributed by atoms with Gasteiger partial charge in [0, 0.05) is 35.6 Å². The van der Waals surface area contributed by atoms with E-state index in [0.717, 1.165) is 0 Å². The number of nitrogens with two attached hydrogens (primary N) is 1. The molecule has 1 amide bonds. The van der Waals surface area contributed by atoms with E-state index in [9.17, 15) is 4.79 Å². The quantitative estimate of drug-likeness (QED) is 0.891. The lowest BCUT2D eigenvalue weighted by Gasteiger charge is -2.15. The molecule has 0 aliphatic heterocycles. The van der Waals surface area contributed by atoms with Crippen LogP contribution in [-0.2, 0) is 6.54 Å². The van der Waals surface area contributed by atoms with Crippen molar-refractivity contribution in [3.63, 3.8) is 0 Å². The molecule has 0 aliphatic carbocycles. The summed E-state index contributed by atoms with van der Waals surface area (Å²) in [5.74, 6) is -0.0190. The Bertz CT molecular complexity index is 570. The zero-order chi connectivity index (χ0) is 13.8. The molecule has 100 valence electrons. The highest BCUT2D eigenvalue weighted by Crippen LogP contribution is 2.15. The van der Waals surface area contributed by atoms with Gasteiger partial charge in [0.2, 0.25) is 0 Å². The highest BCUT2D eigenvalue weighted by molar-refractivity contribution is 9.10. The van der Waals surface area contributed by atoms with E-state index < -0.39 is 0 Å². The second kappa shape index (κ2) is 5.83. The summed E-state index contributed by atoms with van der Waals surface area (Å²) < 4.78 is 2.61. The van der Waals surface area contributed by atoms with Crippen LogP contribution in [-0.4, -0.2) is 26.5 Å². The molecule has 2 heterocycles.